The van der Waals surface area contributed by atoms with Crippen molar-refractivity contribution in [2.45, 2.75) is 25.2 Å². The summed E-state index contributed by atoms with van der Waals surface area (Å²) in [7, 11) is 0. The first-order valence-corrected chi connectivity index (χ1v) is 9.60. The molecule has 5 heterocycles. The van der Waals surface area contributed by atoms with E-state index in [4.69, 9.17) is 0 Å². The zero-order valence-corrected chi connectivity index (χ0v) is 16.1. The molecule has 0 aliphatic carbocycles. The third kappa shape index (κ3) is 3.42. The van der Waals surface area contributed by atoms with Crippen LogP contribution in [0.1, 0.15) is 23.6 Å². The number of aliphatic hydroxyl groups excluding tert-OH is 1. The number of aromatic amines is 1. The molecule has 0 radical (unpaired) electrons. The van der Waals surface area contributed by atoms with Crippen LogP contribution < -0.4 is 10.5 Å². The van der Waals surface area contributed by atoms with Crippen LogP contribution in [-0.2, 0) is 6.61 Å². The SMILES string of the molecule is O=c1[nH]cc(F)cc1[C@H]1C[C@H](F)CN1c1ccc2ncc(-c3cc(CO)cnn3)n2n1. The smallest absolute Gasteiger partial charge is 0.253 e. The van der Waals surface area contributed by atoms with Crippen LogP contribution in [0.5, 0.6) is 0 Å². The summed E-state index contributed by atoms with van der Waals surface area (Å²) in [6.07, 6.45) is 2.86. The monoisotopic (exact) mass is 425 g/mol. The number of hydrogen-bond acceptors (Lipinski definition) is 7. The fourth-order valence-corrected chi connectivity index (χ4v) is 3.86. The molecule has 5 rings (SSSR count). The summed E-state index contributed by atoms with van der Waals surface area (Å²) < 4.78 is 29.7. The van der Waals surface area contributed by atoms with E-state index in [2.05, 4.69) is 25.3 Å². The van der Waals surface area contributed by atoms with Crippen LogP contribution in [0.2, 0.25) is 0 Å². The van der Waals surface area contributed by atoms with Gasteiger partial charge in [-0.2, -0.15) is 5.10 Å². The third-order valence-electron chi connectivity index (χ3n) is 5.30. The number of rotatable bonds is 4. The summed E-state index contributed by atoms with van der Waals surface area (Å²) in [5, 5.41) is 21.9. The fourth-order valence-electron chi connectivity index (χ4n) is 3.86. The molecule has 1 saturated heterocycles. The van der Waals surface area contributed by atoms with Crippen LogP contribution >= 0.6 is 0 Å². The van der Waals surface area contributed by atoms with Gasteiger partial charge in [-0.3, -0.25) is 4.79 Å². The Morgan fingerprint density at radius 2 is 2.13 bits per heavy atom. The van der Waals surface area contributed by atoms with E-state index in [0.29, 0.717) is 28.4 Å². The van der Waals surface area contributed by atoms with Crippen LogP contribution in [0.15, 0.2) is 47.7 Å². The van der Waals surface area contributed by atoms with E-state index in [0.717, 1.165) is 12.3 Å². The topological polar surface area (TPSA) is 112 Å². The highest BCUT2D eigenvalue weighted by molar-refractivity contribution is 5.61. The summed E-state index contributed by atoms with van der Waals surface area (Å²) in [4.78, 5) is 20.6. The summed E-state index contributed by atoms with van der Waals surface area (Å²) in [5.74, 6) is -0.189. The Hall–Kier alpha value is -3.73. The largest absolute Gasteiger partial charge is 0.392 e. The highest BCUT2D eigenvalue weighted by Crippen LogP contribution is 2.35. The first kappa shape index (κ1) is 19.2. The Morgan fingerprint density at radius 3 is 2.97 bits per heavy atom. The van der Waals surface area contributed by atoms with Gasteiger partial charge in [0.25, 0.3) is 5.56 Å². The van der Waals surface area contributed by atoms with Crippen molar-refractivity contribution in [1.82, 2.24) is 29.8 Å². The fraction of sp³-hybridized carbons (Fsp3) is 0.250. The van der Waals surface area contributed by atoms with E-state index in [1.54, 1.807) is 33.8 Å². The van der Waals surface area contributed by atoms with Gasteiger partial charge in [0.1, 0.15) is 29.2 Å². The summed E-state index contributed by atoms with van der Waals surface area (Å²) in [5.41, 5.74) is 1.80. The third-order valence-corrected chi connectivity index (χ3v) is 5.30. The molecule has 0 amide bonds. The molecule has 0 spiro atoms. The average molecular weight is 425 g/mol. The predicted octanol–water partition coefficient (Wildman–Crippen LogP) is 1.80. The second-order valence-electron chi connectivity index (χ2n) is 7.32. The second-order valence-corrected chi connectivity index (χ2v) is 7.32. The van der Waals surface area contributed by atoms with Crippen molar-refractivity contribution in [3.05, 3.63) is 70.2 Å². The van der Waals surface area contributed by atoms with E-state index in [-0.39, 0.29) is 25.1 Å². The number of H-pyrrole nitrogens is 1. The standard InChI is InChI=1S/C20H17F2N7O2/c21-12-4-14(20(31)24-7-12)16-5-13(22)9-28(16)19-2-1-18-23-8-17(29(18)27-19)15-3-11(10-30)6-25-26-15/h1-4,6-8,13,16,30H,5,9-10H2,(H,24,31)/t13-,16+/m0/s1. The van der Waals surface area contributed by atoms with Crippen LogP contribution in [-0.4, -0.2) is 47.6 Å². The van der Waals surface area contributed by atoms with E-state index in [9.17, 15) is 18.7 Å². The maximum atomic E-state index is 14.4. The Kier molecular flexibility index (Phi) is 4.66. The Bertz CT molecular complexity index is 1320. The molecule has 11 heteroatoms. The molecule has 31 heavy (non-hydrogen) atoms. The number of imidazole rings is 1. The number of fused-ring (bicyclic) bond motifs is 1. The van der Waals surface area contributed by atoms with Crippen molar-refractivity contribution >= 4 is 11.5 Å². The van der Waals surface area contributed by atoms with Crippen LogP contribution in [0.25, 0.3) is 17.0 Å². The highest BCUT2D eigenvalue weighted by atomic mass is 19.1. The minimum Gasteiger partial charge on any atom is -0.392 e. The van der Waals surface area contributed by atoms with Gasteiger partial charge in [0.15, 0.2) is 5.65 Å². The Morgan fingerprint density at radius 1 is 1.26 bits per heavy atom. The number of hydrogen-bond donors (Lipinski definition) is 2. The van der Waals surface area contributed by atoms with Gasteiger partial charge in [0, 0.05) is 18.2 Å². The van der Waals surface area contributed by atoms with Crippen molar-refractivity contribution in [3.8, 4) is 11.4 Å². The Labute approximate surface area is 174 Å². The molecule has 0 aromatic carbocycles. The number of pyridine rings is 1. The van der Waals surface area contributed by atoms with Crippen LogP contribution in [0.3, 0.4) is 0 Å². The van der Waals surface area contributed by atoms with E-state index in [1.807, 2.05) is 0 Å². The quantitative estimate of drug-likeness (QED) is 0.513. The molecule has 2 atom stereocenters. The van der Waals surface area contributed by atoms with Crippen LogP contribution in [0, 0.1) is 5.82 Å². The number of alkyl halides is 1. The molecule has 1 aliphatic heterocycles. The van der Waals surface area contributed by atoms with Crippen molar-refractivity contribution in [2.24, 2.45) is 0 Å². The van der Waals surface area contributed by atoms with Gasteiger partial charge in [-0.05, 0) is 29.8 Å². The number of anilines is 1. The highest BCUT2D eigenvalue weighted by Gasteiger charge is 2.36. The maximum Gasteiger partial charge on any atom is 0.253 e. The maximum absolute atomic E-state index is 14.4. The number of aromatic nitrogens is 6. The molecule has 1 fully saturated rings. The molecule has 0 bridgehead atoms. The lowest BCUT2D eigenvalue weighted by atomic mass is 10.1. The first-order chi connectivity index (χ1) is 15.0. The zero-order valence-electron chi connectivity index (χ0n) is 16.1. The molecule has 2 N–H and O–H groups in total. The summed E-state index contributed by atoms with van der Waals surface area (Å²) in [6.45, 7) is -0.170. The number of halogens is 2. The zero-order chi connectivity index (χ0) is 21.5. The number of aliphatic hydroxyl groups is 1. The molecular formula is C20H17F2N7O2. The van der Waals surface area contributed by atoms with Crippen molar-refractivity contribution in [3.63, 3.8) is 0 Å². The van der Waals surface area contributed by atoms with Crippen molar-refractivity contribution in [1.29, 1.82) is 0 Å². The van der Waals surface area contributed by atoms with Gasteiger partial charge in [0.05, 0.1) is 31.6 Å². The molecule has 9 nitrogen and oxygen atoms in total. The van der Waals surface area contributed by atoms with Gasteiger partial charge < -0.3 is 15.0 Å². The lowest BCUT2D eigenvalue weighted by Gasteiger charge is -2.25. The second kappa shape index (κ2) is 7.51. The number of nitrogens with one attached hydrogen (secondary N) is 1. The van der Waals surface area contributed by atoms with E-state index in [1.165, 1.54) is 6.20 Å². The van der Waals surface area contributed by atoms with Crippen molar-refractivity contribution in [2.75, 3.05) is 11.4 Å². The molecular weight excluding hydrogens is 408 g/mol. The number of nitrogens with zero attached hydrogens (tertiary/aromatic N) is 6. The van der Waals surface area contributed by atoms with Gasteiger partial charge in [0.2, 0.25) is 0 Å². The lowest BCUT2D eigenvalue weighted by Crippen LogP contribution is -2.29. The molecule has 0 unspecified atom stereocenters. The Balaban J connectivity index is 1.59. The molecule has 0 saturated carbocycles. The summed E-state index contributed by atoms with van der Waals surface area (Å²) in [6, 6.07) is 5.54. The minimum absolute atomic E-state index is 0.0168. The minimum atomic E-state index is -1.19. The van der Waals surface area contributed by atoms with E-state index >= 15 is 0 Å². The van der Waals surface area contributed by atoms with Gasteiger partial charge in [-0.15, -0.1) is 10.2 Å². The summed E-state index contributed by atoms with van der Waals surface area (Å²) >= 11 is 0. The van der Waals surface area contributed by atoms with Gasteiger partial charge in [-0.25, -0.2) is 18.3 Å². The van der Waals surface area contributed by atoms with Gasteiger partial charge >= 0.3 is 0 Å². The normalized spacial score (nSPS) is 18.7. The molecule has 158 valence electrons. The van der Waals surface area contributed by atoms with Crippen LogP contribution in [0.4, 0.5) is 14.6 Å². The average Bonchev–Trinajstić information content (AvgIpc) is 3.38. The molecule has 1 aliphatic rings. The first-order valence-electron chi connectivity index (χ1n) is 9.60. The molecule has 4 aromatic heterocycles. The van der Waals surface area contributed by atoms with E-state index < -0.39 is 23.6 Å². The van der Waals surface area contributed by atoms with Crippen molar-refractivity contribution < 1.29 is 13.9 Å². The van der Waals surface area contributed by atoms with Gasteiger partial charge in [-0.1, -0.05) is 0 Å². The lowest BCUT2D eigenvalue weighted by molar-refractivity contribution is 0.281. The predicted molar refractivity (Wildman–Crippen MR) is 107 cm³/mol. The molecule has 4 aromatic rings.